The Morgan fingerprint density at radius 1 is 1.29 bits per heavy atom. The van der Waals surface area contributed by atoms with Crippen LogP contribution in [0, 0.1) is 0 Å². The van der Waals surface area contributed by atoms with Gasteiger partial charge in [0, 0.05) is 11.3 Å². The molecule has 4 heteroatoms. The molecule has 0 saturated carbocycles. The Kier molecular flexibility index (Phi) is 3.39. The first-order valence-corrected chi connectivity index (χ1v) is 8.70. The van der Waals surface area contributed by atoms with Crippen LogP contribution in [0.5, 0.6) is 5.75 Å². The molecule has 0 aliphatic rings. The maximum absolute atomic E-state index is 12.6. The average Bonchev–Trinajstić information content (AvgIpc) is 2.19. The van der Waals surface area contributed by atoms with E-state index in [9.17, 15) is 9.90 Å². The van der Waals surface area contributed by atoms with E-state index in [-0.39, 0.29) is 16.2 Å². The summed E-state index contributed by atoms with van der Waals surface area (Å²) >= 11 is 0. The molecule has 0 spiro atoms. The number of hydrogen-bond acceptors (Lipinski definition) is 3. The fourth-order valence-electron chi connectivity index (χ4n) is 1.42. The highest BCUT2D eigenvalue weighted by Gasteiger charge is 2.43. The van der Waals surface area contributed by atoms with Gasteiger partial charge in [-0.05, 0) is 23.2 Å². The lowest BCUT2D eigenvalue weighted by Crippen LogP contribution is -2.46. The van der Waals surface area contributed by atoms with Crippen LogP contribution in [0.4, 0.5) is 5.69 Å². The molecule has 1 rings (SSSR count). The van der Waals surface area contributed by atoms with Gasteiger partial charge in [-0.3, -0.25) is 4.79 Å². The minimum Gasteiger partial charge on any atom is -0.508 e. The first-order chi connectivity index (χ1) is 7.57. The molecule has 3 N–H and O–H groups in total. The first-order valence-electron chi connectivity index (χ1n) is 5.70. The Labute approximate surface area is 104 Å². The number of nitrogen functional groups attached to an aromatic ring is 1. The molecule has 0 bridgehead atoms. The molecular formula is C13H21NO2Si. The topological polar surface area (TPSA) is 63.3 Å². The van der Waals surface area contributed by atoms with Crippen LogP contribution < -0.4 is 5.73 Å². The van der Waals surface area contributed by atoms with E-state index in [4.69, 9.17) is 5.73 Å². The minimum atomic E-state index is -2.13. The maximum Gasteiger partial charge on any atom is 0.142 e. The van der Waals surface area contributed by atoms with Crippen molar-refractivity contribution in [3.8, 4) is 5.75 Å². The van der Waals surface area contributed by atoms with E-state index in [1.54, 1.807) is 6.07 Å². The fourth-order valence-corrected chi connectivity index (χ4v) is 2.99. The lowest BCUT2D eigenvalue weighted by atomic mass is 10.2. The molecule has 0 radical (unpaired) electrons. The Balaban J connectivity index is 3.26. The lowest BCUT2D eigenvalue weighted by molar-refractivity contribution is 0.106. The molecule has 0 amide bonds. The molecule has 0 unspecified atom stereocenters. The fraction of sp³-hybridized carbons (Fsp3) is 0.462. The van der Waals surface area contributed by atoms with Gasteiger partial charge in [0.25, 0.3) is 0 Å². The summed E-state index contributed by atoms with van der Waals surface area (Å²) in [7, 11) is -2.13. The van der Waals surface area contributed by atoms with E-state index in [1.165, 1.54) is 12.1 Å². The normalized spacial score (nSPS) is 12.5. The summed E-state index contributed by atoms with van der Waals surface area (Å²) in [4.78, 5) is 12.6. The number of phenols is 1. The molecule has 0 saturated heterocycles. The van der Waals surface area contributed by atoms with Crippen molar-refractivity contribution in [1.29, 1.82) is 0 Å². The van der Waals surface area contributed by atoms with Crippen molar-refractivity contribution in [2.24, 2.45) is 0 Å². The molecule has 0 aromatic heterocycles. The average molecular weight is 251 g/mol. The van der Waals surface area contributed by atoms with Gasteiger partial charge in [0.2, 0.25) is 0 Å². The van der Waals surface area contributed by atoms with Crippen LogP contribution in [0.1, 0.15) is 31.1 Å². The number of phenolic OH excluding ortho intramolecular Hbond substituents is 1. The predicted molar refractivity (Wildman–Crippen MR) is 74.0 cm³/mol. The van der Waals surface area contributed by atoms with Gasteiger partial charge in [-0.15, -0.1) is 0 Å². The van der Waals surface area contributed by atoms with Gasteiger partial charge < -0.3 is 10.8 Å². The van der Waals surface area contributed by atoms with Gasteiger partial charge >= 0.3 is 0 Å². The predicted octanol–water partition coefficient (Wildman–Crippen LogP) is 3.20. The van der Waals surface area contributed by atoms with Crippen LogP contribution >= 0.6 is 0 Å². The van der Waals surface area contributed by atoms with Gasteiger partial charge in [0.05, 0.1) is 0 Å². The van der Waals surface area contributed by atoms with E-state index < -0.39 is 8.07 Å². The van der Waals surface area contributed by atoms with E-state index >= 15 is 0 Å². The largest absolute Gasteiger partial charge is 0.508 e. The third-order valence-corrected chi connectivity index (χ3v) is 8.88. The zero-order chi connectivity index (χ0) is 13.4. The lowest BCUT2D eigenvalue weighted by Gasteiger charge is -2.35. The summed E-state index contributed by atoms with van der Waals surface area (Å²) in [6.07, 6.45) is 0. The third-order valence-electron chi connectivity index (χ3n) is 3.72. The highest BCUT2D eigenvalue weighted by atomic mass is 28.3. The van der Waals surface area contributed by atoms with E-state index in [0.717, 1.165) is 0 Å². The number of benzene rings is 1. The second-order valence-electron chi connectivity index (χ2n) is 5.98. The molecule has 17 heavy (non-hydrogen) atoms. The van der Waals surface area contributed by atoms with Crippen molar-refractivity contribution in [3.63, 3.8) is 0 Å². The van der Waals surface area contributed by atoms with E-state index in [1.807, 2.05) is 13.1 Å². The van der Waals surface area contributed by atoms with Crippen LogP contribution in [0.15, 0.2) is 18.2 Å². The second kappa shape index (κ2) is 4.18. The molecule has 0 aliphatic carbocycles. The summed E-state index contributed by atoms with van der Waals surface area (Å²) < 4.78 is 0. The van der Waals surface area contributed by atoms with Gasteiger partial charge in [0.1, 0.15) is 19.2 Å². The van der Waals surface area contributed by atoms with Crippen LogP contribution in [0.25, 0.3) is 0 Å². The maximum atomic E-state index is 12.6. The van der Waals surface area contributed by atoms with Crippen molar-refractivity contribution in [3.05, 3.63) is 23.8 Å². The van der Waals surface area contributed by atoms with Crippen molar-refractivity contribution in [2.45, 2.75) is 38.9 Å². The number of rotatable bonds is 2. The van der Waals surface area contributed by atoms with Crippen LogP contribution in [0.3, 0.4) is 0 Å². The molecular weight excluding hydrogens is 230 g/mol. The van der Waals surface area contributed by atoms with Crippen LogP contribution in [-0.2, 0) is 0 Å². The molecule has 1 aromatic rings. The molecule has 94 valence electrons. The van der Waals surface area contributed by atoms with Gasteiger partial charge in [0.15, 0.2) is 0 Å². The van der Waals surface area contributed by atoms with Gasteiger partial charge in [-0.1, -0.05) is 33.9 Å². The van der Waals surface area contributed by atoms with Gasteiger partial charge in [-0.25, -0.2) is 0 Å². The van der Waals surface area contributed by atoms with Crippen LogP contribution in [-0.4, -0.2) is 18.6 Å². The van der Waals surface area contributed by atoms with E-state index in [0.29, 0.717) is 11.3 Å². The van der Waals surface area contributed by atoms with Crippen LogP contribution in [0.2, 0.25) is 18.1 Å². The summed E-state index contributed by atoms with van der Waals surface area (Å²) in [5.41, 5.74) is 6.72. The Bertz CT molecular complexity index is 447. The minimum absolute atomic E-state index is 0.0397. The summed E-state index contributed by atoms with van der Waals surface area (Å²) in [6.45, 7) is 10.3. The molecule has 3 nitrogen and oxygen atoms in total. The Hall–Kier alpha value is -1.29. The molecule has 0 heterocycles. The number of anilines is 1. The van der Waals surface area contributed by atoms with Crippen molar-refractivity contribution in [1.82, 2.24) is 0 Å². The summed E-state index contributed by atoms with van der Waals surface area (Å²) in [5.74, 6) is 0.0845. The first kappa shape index (κ1) is 13.8. The summed E-state index contributed by atoms with van der Waals surface area (Å²) in [5, 5.41) is 9.52. The zero-order valence-electron chi connectivity index (χ0n) is 11.2. The second-order valence-corrected chi connectivity index (χ2v) is 11.2. The number of nitrogens with two attached hydrogens (primary N) is 1. The highest BCUT2D eigenvalue weighted by molar-refractivity contribution is 7.08. The Morgan fingerprint density at radius 2 is 1.82 bits per heavy atom. The highest BCUT2D eigenvalue weighted by Crippen LogP contribution is 2.39. The number of aromatic hydroxyl groups is 1. The van der Waals surface area contributed by atoms with Crippen molar-refractivity contribution < 1.29 is 9.90 Å². The SMILES string of the molecule is CC(C)(C)[Si](C)(C)C(=O)c1cc(O)ccc1N. The quantitative estimate of drug-likeness (QED) is 0.482. The van der Waals surface area contributed by atoms with Crippen molar-refractivity contribution in [2.75, 3.05) is 5.73 Å². The summed E-state index contributed by atoms with van der Waals surface area (Å²) in [6, 6.07) is 4.55. The number of carbonyl (C=O) groups is 1. The number of hydrogen-bond donors (Lipinski definition) is 2. The zero-order valence-corrected chi connectivity index (χ0v) is 12.2. The van der Waals surface area contributed by atoms with Crippen molar-refractivity contribution >= 4 is 19.2 Å². The number of carbonyl (C=O) groups excluding carboxylic acids is 1. The molecule has 0 aliphatic heterocycles. The monoisotopic (exact) mass is 251 g/mol. The molecule has 0 atom stereocenters. The Morgan fingerprint density at radius 3 is 2.29 bits per heavy atom. The standard InChI is InChI=1S/C13H21NO2Si/c1-13(2,3)17(4,5)12(16)10-8-9(15)6-7-11(10)14/h6-8,15H,14H2,1-5H3. The molecule has 1 aromatic carbocycles. The smallest absolute Gasteiger partial charge is 0.142 e. The molecule has 0 fully saturated rings. The van der Waals surface area contributed by atoms with E-state index in [2.05, 4.69) is 20.8 Å². The van der Waals surface area contributed by atoms with Gasteiger partial charge in [-0.2, -0.15) is 0 Å². The third kappa shape index (κ3) is 2.52.